The molecule has 0 aromatic carbocycles. The zero-order valence-electron chi connectivity index (χ0n) is 21.7. The Morgan fingerprint density at radius 1 is 0.923 bits per heavy atom. The predicted molar refractivity (Wildman–Crippen MR) is 148 cm³/mol. The van der Waals surface area contributed by atoms with Crippen molar-refractivity contribution in [2.75, 3.05) is 25.1 Å². The minimum Gasteiger partial charge on any atom is -0.481 e. The molecule has 0 saturated carbocycles. The van der Waals surface area contributed by atoms with Crippen LogP contribution in [0.1, 0.15) is 24.0 Å². The molecule has 0 unspecified atom stereocenters. The molecule has 0 radical (unpaired) electrons. The summed E-state index contributed by atoms with van der Waals surface area (Å²) in [5.41, 5.74) is 5.98. The molecule has 5 aromatic rings. The zero-order valence-corrected chi connectivity index (χ0v) is 21.7. The standard InChI is InChI=1S/C30H26N8O/c1-36-19-26(18-34-36)24-13-27(30-25(14-31)17-35-38(30)20-24)23-6-7-28(32-16-23)37-11-9-21(10-12-37)3-4-22-5-8-29(39-2)33-15-22/h5-8,13,15-21H,9-12H2,1-2H3. The molecule has 9 nitrogen and oxygen atoms in total. The number of aromatic nitrogens is 6. The van der Waals surface area contributed by atoms with Gasteiger partial charge in [0.2, 0.25) is 5.88 Å². The maximum absolute atomic E-state index is 9.69. The minimum absolute atomic E-state index is 0.345. The Morgan fingerprint density at radius 3 is 2.46 bits per heavy atom. The van der Waals surface area contributed by atoms with Gasteiger partial charge in [0, 0.05) is 84.7 Å². The topological polar surface area (TPSA) is 97.2 Å². The van der Waals surface area contributed by atoms with Crippen LogP contribution >= 0.6 is 0 Å². The Balaban J connectivity index is 1.20. The highest BCUT2D eigenvalue weighted by Gasteiger charge is 2.20. The number of ether oxygens (including phenoxy) is 1. The number of piperidine rings is 1. The van der Waals surface area contributed by atoms with E-state index in [1.165, 1.54) is 0 Å². The van der Waals surface area contributed by atoms with Crippen LogP contribution in [0, 0.1) is 29.1 Å². The van der Waals surface area contributed by atoms with E-state index in [9.17, 15) is 5.26 Å². The van der Waals surface area contributed by atoms with Gasteiger partial charge in [-0.25, -0.2) is 14.5 Å². The third kappa shape index (κ3) is 4.90. The fourth-order valence-corrected chi connectivity index (χ4v) is 4.90. The largest absolute Gasteiger partial charge is 0.481 e. The fourth-order valence-electron chi connectivity index (χ4n) is 4.90. The van der Waals surface area contributed by atoms with Crippen LogP contribution < -0.4 is 9.64 Å². The number of nitrogens with zero attached hydrogens (tertiary/aromatic N) is 8. The average molecular weight is 515 g/mol. The third-order valence-electron chi connectivity index (χ3n) is 7.01. The summed E-state index contributed by atoms with van der Waals surface area (Å²) in [6, 6.07) is 12.2. The van der Waals surface area contributed by atoms with Gasteiger partial charge in [0.15, 0.2) is 0 Å². The lowest BCUT2D eigenvalue weighted by atomic mass is 9.97. The lowest BCUT2D eigenvalue weighted by Crippen LogP contribution is -2.33. The molecule has 0 spiro atoms. The van der Waals surface area contributed by atoms with Crippen molar-refractivity contribution in [3.8, 4) is 46.0 Å². The van der Waals surface area contributed by atoms with Gasteiger partial charge in [-0.15, -0.1) is 0 Å². The van der Waals surface area contributed by atoms with E-state index in [4.69, 9.17) is 9.72 Å². The van der Waals surface area contributed by atoms with Crippen LogP contribution in [-0.2, 0) is 7.05 Å². The highest BCUT2D eigenvalue weighted by molar-refractivity contribution is 5.87. The van der Waals surface area contributed by atoms with E-state index in [0.29, 0.717) is 17.4 Å². The first-order chi connectivity index (χ1) is 19.1. The van der Waals surface area contributed by atoms with Crippen LogP contribution in [0.15, 0.2) is 67.5 Å². The number of fused-ring (bicyclic) bond motifs is 1. The Bertz CT molecular complexity index is 1720. The van der Waals surface area contributed by atoms with Crippen molar-refractivity contribution in [1.29, 1.82) is 5.26 Å². The molecule has 0 aliphatic carbocycles. The predicted octanol–water partition coefficient (Wildman–Crippen LogP) is 4.34. The van der Waals surface area contributed by atoms with E-state index in [1.54, 1.807) is 28.7 Å². The molecule has 9 heteroatoms. The van der Waals surface area contributed by atoms with Crippen molar-refractivity contribution < 1.29 is 4.74 Å². The van der Waals surface area contributed by atoms with Crippen molar-refractivity contribution in [3.63, 3.8) is 0 Å². The number of rotatable bonds is 4. The van der Waals surface area contributed by atoms with Gasteiger partial charge in [-0.05, 0) is 37.1 Å². The van der Waals surface area contributed by atoms with Gasteiger partial charge in [0.25, 0.3) is 0 Å². The number of hydrogen-bond donors (Lipinski definition) is 0. The maximum Gasteiger partial charge on any atom is 0.212 e. The van der Waals surface area contributed by atoms with Gasteiger partial charge in [0.1, 0.15) is 11.9 Å². The summed E-state index contributed by atoms with van der Waals surface area (Å²) < 4.78 is 8.64. The van der Waals surface area contributed by atoms with Gasteiger partial charge < -0.3 is 9.64 Å². The van der Waals surface area contributed by atoms with Crippen LogP contribution in [0.5, 0.6) is 5.88 Å². The number of anilines is 1. The first-order valence-electron chi connectivity index (χ1n) is 12.7. The second-order valence-electron chi connectivity index (χ2n) is 9.53. The minimum atomic E-state index is 0.345. The molecular weight excluding hydrogens is 488 g/mol. The van der Waals surface area contributed by atoms with Gasteiger partial charge in [0.05, 0.1) is 30.6 Å². The van der Waals surface area contributed by atoms with E-state index in [1.807, 2.05) is 44.0 Å². The molecule has 192 valence electrons. The molecule has 0 bridgehead atoms. The van der Waals surface area contributed by atoms with E-state index >= 15 is 0 Å². The Labute approximate surface area is 226 Å². The number of hydrogen-bond acceptors (Lipinski definition) is 7. The quantitative estimate of drug-likeness (QED) is 0.329. The summed E-state index contributed by atoms with van der Waals surface area (Å²) in [5.74, 6) is 8.53. The highest BCUT2D eigenvalue weighted by atomic mass is 16.5. The summed E-state index contributed by atoms with van der Waals surface area (Å²) in [6.45, 7) is 1.79. The summed E-state index contributed by atoms with van der Waals surface area (Å²) in [5, 5.41) is 18.4. The van der Waals surface area contributed by atoms with E-state index in [2.05, 4.69) is 56.2 Å². The number of nitriles is 1. The van der Waals surface area contributed by atoms with Crippen LogP contribution in [0.4, 0.5) is 5.82 Å². The number of methoxy groups -OCH3 is 1. The second-order valence-corrected chi connectivity index (χ2v) is 9.53. The van der Waals surface area contributed by atoms with Crippen LogP contribution in [0.2, 0.25) is 0 Å². The molecule has 39 heavy (non-hydrogen) atoms. The molecular formula is C30H26N8O. The normalized spacial score (nSPS) is 13.6. The van der Waals surface area contributed by atoms with E-state index in [0.717, 1.165) is 65.1 Å². The van der Waals surface area contributed by atoms with Crippen LogP contribution in [0.25, 0.3) is 27.8 Å². The number of pyridine rings is 3. The SMILES string of the molecule is COc1ccc(C#CC2CCN(c3ccc(-c4cc(-c5cnn(C)c5)cn5ncc(C#N)c45)cn3)CC2)cn1. The summed E-state index contributed by atoms with van der Waals surface area (Å²) in [7, 11) is 3.50. The molecule has 0 atom stereocenters. The molecule has 6 rings (SSSR count). The lowest BCUT2D eigenvalue weighted by molar-refractivity contribution is 0.398. The third-order valence-corrected chi connectivity index (χ3v) is 7.01. The van der Waals surface area contributed by atoms with Crippen molar-refractivity contribution in [2.45, 2.75) is 12.8 Å². The molecule has 6 heterocycles. The molecule has 1 saturated heterocycles. The Morgan fingerprint density at radius 2 is 1.79 bits per heavy atom. The molecule has 0 N–H and O–H groups in total. The van der Waals surface area contributed by atoms with Crippen molar-refractivity contribution in [2.24, 2.45) is 13.0 Å². The smallest absolute Gasteiger partial charge is 0.212 e. The summed E-state index contributed by atoms with van der Waals surface area (Å²) in [6.07, 6.45) is 12.9. The zero-order chi connectivity index (χ0) is 26.8. The molecule has 5 aromatic heterocycles. The van der Waals surface area contributed by atoms with E-state index < -0.39 is 0 Å². The Kier molecular flexibility index (Phi) is 6.40. The summed E-state index contributed by atoms with van der Waals surface area (Å²) >= 11 is 0. The monoisotopic (exact) mass is 514 g/mol. The van der Waals surface area contributed by atoms with Crippen molar-refractivity contribution in [3.05, 3.63) is 78.6 Å². The van der Waals surface area contributed by atoms with Gasteiger partial charge in [-0.2, -0.15) is 15.5 Å². The maximum atomic E-state index is 9.69. The fraction of sp³-hybridized carbons (Fsp3) is 0.233. The van der Waals surface area contributed by atoms with Crippen molar-refractivity contribution in [1.82, 2.24) is 29.4 Å². The highest BCUT2D eigenvalue weighted by Crippen LogP contribution is 2.32. The van der Waals surface area contributed by atoms with Gasteiger partial charge in [-0.1, -0.05) is 11.8 Å². The molecule has 0 amide bonds. The molecule has 1 fully saturated rings. The first-order valence-corrected chi connectivity index (χ1v) is 12.7. The van der Waals surface area contributed by atoms with Gasteiger partial charge in [-0.3, -0.25) is 4.68 Å². The van der Waals surface area contributed by atoms with Crippen LogP contribution in [0.3, 0.4) is 0 Å². The first kappa shape index (κ1) is 24.2. The van der Waals surface area contributed by atoms with Crippen LogP contribution in [-0.4, -0.2) is 49.6 Å². The Hall–Kier alpha value is -5.15. The molecule has 1 aliphatic heterocycles. The summed E-state index contributed by atoms with van der Waals surface area (Å²) in [4.78, 5) is 11.3. The molecule has 1 aliphatic rings. The lowest BCUT2D eigenvalue weighted by Gasteiger charge is -2.30. The second kappa shape index (κ2) is 10.3. The van der Waals surface area contributed by atoms with Crippen molar-refractivity contribution >= 4 is 11.3 Å². The van der Waals surface area contributed by atoms with Gasteiger partial charge >= 0.3 is 0 Å². The number of aryl methyl sites for hydroxylation is 1. The average Bonchev–Trinajstić information content (AvgIpc) is 3.62. The van der Waals surface area contributed by atoms with E-state index in [-0.39, 0.29) is 0 Å².